The molecule has 0 saturated carbocycles. The van der Waals surface area contributed by atoms with Crippen LogP contribution in [0.3, 0.4) is 0 Å². The van der Waals surface area contributed by atoms with Crippen LogP contribution in [-0.2, 0) is 19.1 Å². The van der Waals surface area contributed by atoms with Crippen LogP contribution in [0.25, 0.3) is 6.08 Å². The normalized spacial score (nSPS) is 13.4. The molecule has 1 aromatic carbocycles. The molecule has 1 rings (SSSR count). The molecule has 2 atom stereocenters. The summed E-state index contributed by atoms with van der Waals surface area (Å²) in [6.45, 7) is 18.0. The van der Waals surface area contributed by atoms with Gasteiger partial charge >= 0.3 is 6.09 Å². The van der Waals surface area contributed by atoms with E-state index in [0.717, 1.165) is 5.56 Å². The molecule has 36 heavy (non-hydrogen) atoms. The molecule has 1 aromatic rings. The van der Waals surface area contributed by atoms with Crippen LogP contribution in [0.15, 0.2) is 30.8 Å². The summed E-state index contributed by atoms with van der Waals surface area (Å²) in [4.78, 5) is 53.6. The van der Waals surface area contributed by atoms with E-state index in [1.807, 2.05) is 40.7 Å². The predicted octanol–water partition coefficient (Wildman–Crippen LogP) is 3.68. The Morgan fingerprint density at radius 2 is 1.72 bits per heavy atom. The molecule has 0 aliphatic heterocycles. The van der Waals surface area contributed by atoms with Crippen molar-refractivity contribution in [2.75, 3.05) is 0 Å². The predicted molar refractivity (Wildman–Crippen MR) is 141 cm³/mol. The molecule has 0 bridgehead atoms. The summed E-state index contributed by atoms with van der Waals surface area (Å²) >= 11 is 0. The third kappa shape index (κ3) is 9.02. The molecule has 0 saturated heterocycles. The van der Waals surface area contributed by atoms with Gasteiger partial charge in [-0.05, 0) is 72.1 Å². The molecule has 4 N–H and O–H groups in total. The number of benzene rings is 1. The third-order valence-electron chi connectivity index (χ3n) is 5.55. The standard InChI is InChI=1S/C27H42N4O5/c1-10-18-13-12-14-19(15-18)22(23(33)29-17(3)4)31(27(8,9)11-2)24(34)20(16-21(28)32)30-25(35)36-26(5,6)7/h10,12-15,17,20,22H,1,11,16H2,2-9H3,(H2,28,32)(H,29,33)(H,30,35). The van der Waals surface area contributed by atoms with E-state index in [4.69, 9.17) is 10.5 Å². The van der Waals surface area contributed by atoms with Gasteiger partial charge in [-0.25, -0.2) is 4.79 Å². The van der Waals surface area contributed by atoms with Gasteiger partial charge in [0.05, 0.1) is 6.42 Å². The molecule has 2 unspecified atom stereocenters. The van der Waals surface area contributed by atoms with Crippen molar-refractivity contribution in [3.05, 3.63) is 42.0 Å². The second-order valence-corrected chi connectivity index (χ2v) is 10.7. The zero-order valence-corrected chi connectivity index (χ0v) is 22.8. The summed E-state index contributed by atoms with van der Waals surface area (Å²) in [6.07, 6.45) is 0.812. The van der Waals surface area contributed by atoms with Gasteiger partial charge in [-0.15, -0.1) is 0 Å². The molecule has 0 spiro atoms. The van der Waals surface area contributed by atoms with Crippen LogP contribution >= 0.6 is 0 Å². The first-order valence-corrected chi connectivity index (χ1v) is 12.2. The number of hydrogen-bond donors (Lipinski definition) is 3. The number of primary amides is 1. The van der Waals surface area contributed by atoms with Crippen molar-refractivity contribution in [2.45, 2.75) is 97.5 Å². The van der Waals surface area contributed by atoms with E-state index in [9.17, 15) is 19.2 Å². The van der Waals surface area contributed by atoms with Crippen LogP contribution in [0.4, 0.5) is 4.79 Å². The van der Waals surface area contributed by atoms with E-state index in [2.05, 4.69) is 17.2 Å². The minimum Gasteiger partial charge on any atom is -0.444 e. The Morgan fingerprint density at radius 3 is 2.19 bits per heavy atom. The van der Waals surface area contributed by atoms with Gasteiger partial charge in [-0.3, -0.25) is 14.4 Å². The first kappa shape index (κ1) is 30.7. The lowest BCUT2D eigenvalue weighted by atomic mass is 9.91. The molecular weight excluding hydrogens is 460 g/mol. The first-order chi connectivity index (χ1) is 16.5. The molecule has 0 aromatic heterocycles. The Kier molecular flexibility index (Phi) is 10.7. The average Bonchev–Trinajstić information content (AvgIpc) is 2.74. The number of ether oxygens (including phenoxy) is 1. The Morgan fingerprint density at radius 1 is 1.11 bits per heavy atom. The van der Waals surface area contributed by atoms with Gasteiger partial charge in [-0.2, -0.15) is 0 Å². The summed E-state index contributed by atoms with van der Waals surface area (Å²) in [5.74, 6) is -1.80. The van der Waals surface area contributed by atoms with Gasteiger partial charge in [-0.1, -0.05) is 37.8 Å². The number of nitrogens with two attached hydrogens (primary N) is 1. The zero-order valence-electron chi connectivity index (χ0n) is 22.8. The van der Waals surface area contributed by atoms with Gasteiger partial charge in [0.1, 0.15) is 17.7 Å². The number of nitrogens with zero attached hydrogens (tertiary/aromatic N) is 1. The lowest BCUT2D eigenvalue weighted by Gasteiger charge is -2.44. The fourth-order valence-electron chi connectivity index (χ4n) is 3.60. The summed E-state index contributed by atoms with van der Waals surface area (Å²) in [5, 5.41) is 5.39. The highest BCUT2D eigenvalue weighted by molar-refractivity contribution is 5.95. The summed E-state index contributed by atoms with van der Waals surface area (Å²) in [7, 11) is 0. The molecule has 0 radical (unpaired) electrons. The molecule has 0 aliphatic rings. The van der Waals surface area contributed by atoms with Crippen LogP contribution in [0.2, 0.25) is 0 Å². The highest BCUT2D eigenvalue weighted by atomic mass is 16.6. The monoisotopic (exact) mass is 502 g/mol. The Labute approximate surface area is 214 Å². The van der Waals surface area contributed by atoms with Crippen LogP contribution < -0.4 is 16.4 Å². The number of alkyl carbamates (subject to hydrolysis) is 1. The van der Waals surface area contributed by atoms with E-state index in [1.165, 1.54) is 4.90 Å². The first-order valence-electron chi connectivity index (χ1n) is 12.2. The van der Waals surface area contributed by atoms with Crippen molar-refractivity contribution in [1.29, 1.82) is 0 Å². The van der Waals surface area contributed by atoms with Crippen LogP contribution in [-0.4, -0.2) is 51.9 Å². The van der Waals surface area contributed by atoms with E-state index in [-0.39, 0.29) is 6.04 Å². The van der Waals surface area contributed by atoms with Gasteiger partial charge in [0.2, 0.25) is 17.7 Å². The minimum absolute atomic E-state index is 0.189. The number of carbonyl (C=O) groups excluding carboxylic acids is 4. The molecule has 9 heteroatoms. The summed E-state index contributed by atoms with van der Waals surface area (Å²) in [6, 6.07) is 4.59. The lowest BCUT2D eigenvalue weighted by Crippen LogP contribution is -2.60. The number of hydrogen-bond acceptors (Lipinski definition) is 5. The Balaban J connectivity index is 3.70. The Hall–Kier alpha value is -3.36. The molecule has 0 fully saturated rings. The fraction of sp³-hybridized carbons (Fsp3) is 0.556. The maximum Gasteiger partial charge on any atom is 0.408 e. The third-order valence-corrected chi connectivity index (χ3v) is 5.55. The van der Waals surface area contributed by atoms with Crippen LogP contribution in [0.1, 0.15) is 85.4 Å². The van der Waals surface area contributed by atoms with Crippen molar-refractivity contribution < 1.29 is 23.9 Å². The van der Waals surface area contributed by atoms with Crippen molar-refractivity contribution in [3.63, 3.8) is 0 Å². The largest absolute Gasteiger partial charge is 0.444 e. The fourth-order valence-corrected chi connectivity index (χ4v) is 3.60. The number of rotatable bonds is 11. The molecule has 200 valence electrons. The van der Waals surface area contributed by atoms with Crippen LogP contribution in [0, 0.1) is 0 Å². The van der Waals surface area contributed by atoms with Crippen LogP contribution in [0.5, 0.6) is 0 Å². The molecule has 0 heterocycles. The van der Waals surface area contributed by atoms with E-state index in [0.29, 0.717) is 12.0 Å². The second-order valence-electron chi connectivity index (χ2n) is 10.7. The Bertz CT molecular complexity index is 965. The molecular formula is C27H42N4O5. The average molecular weight is 503 g/mol. The van der Waals surface area contributed by atoms with Gasteiger partial charge < -0.3 is 26.0 Å². The molecule has 4 amide bonds. The molecule has 0 aliphatic carbocycles. The van der Waals surface area contributed by atoms with E-state index in [1.54, 1.807) is 45.0 Å². The van der Waals surface area contributed by atoms with Crippen molar-refractivity contribution in [1.82, 2.24) is 15.5 Å². The van der Waals surface area contributed by atoms with Crippen molar-refractivity contribution >= 4 is 29.9 Å². The number of carbonyl (C=O) groups is 4. The minimum atomic E-state index is -1.33. The van der Waals surface area contributed by atoms with E-state index < -0.39 is 53.5 Å². The maximum absolute atomic E-state index is 14.1. The topological polar surface area (TPSA) is 131 Å². The van der Waals surface area contributed by atoms with Gasteiger partial charge in [0, 0.05) is 11.6 Å². The highest BCUT2D eigenvalue weighted by Crippen LogP contribution is 2.33. The second kappa shape index (κ2) is 12.6. The summed E-state index contributed by atoms with van der Waals surface area (Å²) in [5.41, 5.74) is 5.11. The number of amides is 4. The lowest BCUT2D eigenvalue weighted by molar-refractivity contribution is -0.150. The van der Waals surface area contributed by atoms with E-state index >= 15 is 0 Å². The number of nitrogens with one attached hydrogen (secondary N) is 2. The summed E-state index contributed by atoms with van der Waals surface area (Å²) < 4.78 is 5.30. The van der Waals surface area contributed by atoms with Crippen molar-refractivity contribution in [3.8, 4) is 0 Å². The van der Waals surface area contributed by atoms with Gasteiger partial charge in [0.25, 0.3) is 0 Å². The van der Waals surface area contributed by atoms with Gasteiger partial charge in [0.15, 0.2) is 0 Å². The maximum atomic E-state index is 14.1. The zero-order chi connectivity index (χ0) is 27.8. The smallest absolute Gasteiger partial charge is 0.408 e. The van der Waals surface area contributed by atoms with Crippen molar-refractivity contribution in [2.24, 2.45) is 5.73 Å². The quantitative estimate of drug-likeness (QED) is 0.425. The SMILES string of the molecule is C=Cc1cccc(C(C(=O)NC(C)C)N(C(=O)C(CC(N)=O)NC(=O)OC(C)(C)C)C(C)(C)CC)c1. The highest BCUT2D eigenvalue weighted by Gasteiger charge is 2.43. The molecule has 9 nitrogen and oxygen atoms in total.